The van der Waals surface area contributed by atoms with E-state index >= 15 is 0 Å². The molecule has 0 unspecified atom stereocenters. The summed E-state index contributed by atoms with van der Waals surface area (Å²) in [7, 11) is 0. The van der Waals surface area contributed by atoms with Crippen molar-refractivity contribution in [1.82, 2.24) is 9.78 Å². The van der Waals surface area contributed by atoms with E-state index in [1.165, 1.54) is 11.3 Å². The van der Waals surface area contributed by atoms with Crippen LogP contribution in [0.25, 0.3) is 15.9 Å². The maximum absolute atomic E-state index is 13.2. The Kier molecular flexibility index (Phi) is 4.53. The fraction of sp³-hybridized carbons (Fsp3) is 0.0370. The lowest BCUT2D eigenvalue weighted by atomic mass is 9.83. The summed E-state index contributed by atoms with van der Waals surface area (Å²) < 4.78 is 1.83. The molecule has 1 amide bonds. The lowest BCUT2D eigenvalue weighted by molar-refractivity contribution is 0.0978. The van der Waals surface area contributed by atoms with Crippen LogP contribution in [0, 0.1) is 6.92 Å². The molecular formula is C27H17N3O3S. The van der Waals surface area contributed by atoms with Gasteiger partial charge in [0.15, 0.2) is 11.6 Å². The Morgan fingerprint density at radius 2 is 1.53 bits per heavy atom. The molecule has 5 aromatic rings. The van der Waals surface area contributed by atoms with Crippen molar-refractivity contribution < 1.29 is 14.4 Å². The third-order valence-electron chi connectivity index (χ3n) is 5.97. The first-order valence-electron chi connectivity index (χ1n) is 10.7. The molecule has 3 aromatic carbocycles. The number of amides is 1. The molecule has 6 rings (SSSR count). The van der Waals surface area contributed by atoms with Crippen LogP contribution in [0.2, 0.25) is 0 Å². The fourth-order valence-electron chi connectivity index (χ4n) is 4.34. The number of hydrogen-bond acceptors (Lipinski definition) is 5. The van der Waals surface area contributed by atoms with Crippen molar-refractivity contribution in [2.75, 3.05) is 5.32 Å². The molecule has 0 radical (unpaired) electrons. The number of anilines is 1. The van der Waals surface area contributed by atoms with E-state index in [1.54, 1.807) is 42.5 Å². The van der Waals surface area contributed by atoms with Gasteiger partial charge in [0.05, 0.1) is 27.5 Å². The second-order valence-electron chi connectivity index (χ2n) is 8.05. The highest BCUT2D eigenvalue weighted by Crippen LogP contribution is 2.34. The zero-order valence-electron chi connectivity index (χ0n) is 18.0. The number of carbonyl (C=O) groups excluding carboxylic acids is 3. The Balaban J connectivity index is 1.38. The largest absolute Gasteiger partial charge is 0.321 e. The molecule has 0 saturated heterocycles. The molecule has 1 aliphatic rings. The quantitative estimate of drug-likeness (QED) is 0.380. The minimum absolute atomic E-state index is 0.221. The number of ketones is 2. The number of para-hydroxylation sites is 1. The summed E-state index contributed by atoms with van der Waals surface area (Å²) in [5.41, 5.74) is 3.32. The Labute approximate surface area is 198 Å². The van der Waals surface area contributed by atoms with Gasteiger partial charge in [-0.15, -0.1) is 11.3 Å². The Morgan fingerprint density at radius 1 is 0.853 bits per heavy atom. The number of rotatable bonds is 3. The second-order valence-corrected chi connectivity index (χ2v) is 9.08. The second kappa shape index (κ2) is 7.60. The van der Waals surface area contributed by atoms with Crippen LogP contribution in [-0.2, 0) is 0 Å². The first-order chi connectivity index (χ1) is 16.5. The number of nitrogens with one attached hydrogen (secondary N) is 1. The van der Waals surface area contributed by atoms with E-state index in [1.807, 2.05) is 48.0 Å². The molecule has 0 aliphatic heterocycles. The van der Waals surface area contributed by atoms with Crippen molar-refractivity contribution in [3.8, 4) is 5.69 Å². The average Bonchev–Trinajstić information content (AvgIpc) is 3.44. The lowest BCUT2D eigenvalue weighted by Crippen LogP contribution is -2.23. The Hall–Kier alpha value is -4.36. The molecule has 34 heavy (non-hydrogen) atoms. The molecule has 0 saturated carbocycles. The molecule has 0 fully saturated rings. The van der Waals surface area contributed by atoms with E-state index in [2.05, 4.69) is 10.4 Å². The minimum atomic E-state index is -0.340. The molecule has 0 bridgehead atoms. The van der Waals surface area contributed by atoms with E-state index in [4.69, 9.17) is 0 Å². The van der Waals surface area contributed by atoms with Gasteiger partial charge in [-0.05, 0) is 31.2 Å². The van der Waals surface area contributed by atoms with Crippen molar-refractivity contribution in [1.29, 1.82) is 0 Å². The van der Waals surface area contributed by atoms with E-state index in [0.29, 0.717) is 27.3 Å². The van der Waals surface area contributed by atoms with Gasteiger partial charge in [-0.25, -0.2) is 4.68 Å². The standard InChI is InChI=1S/C27H17N3O3S/c1-15-20-14-22(34-27(20)30(29-15)16-8-3-2-4-9-16)26(33)28-21-13-7-12-19-23(21)25(32)18-11-6-5-10-17(18)24(19)31/h2-14H,1H3,(H,28,33). The van der Waals surface area contributed by atoms with Crippen LogP contribution in [-0.4, -0.2) is 27.3 Å². The number of carbonyl (C=O) groups is 3. The normalized spacial score (nSPS) is 12.5. The summed E-state index contributed by atoms with van der Waals surface area (Å²) in [5, 5.41) is 8.38. The smallest absolute Gasteiger partial charge is 0.265 e. The van der Waals surface area contributed by atoms with E-state index in [9.17, 15) is 14.4 Å². The van der Waals surface area contributed by atoms with Crippen molar-refractivity contribution in [3.63, 3.8) is 0 Å². The zero-order chi connectivity index (χ0) is 23.4. The summed E-state index contributed by atoms with van der Waals surface area (Å²) in [5.74, 6) is -0.831. The van der Waals surface area contributed by atoms with Gasteiger partial charge in [0.2, 0.25) is 0 Å². The number of fused-ring (bicyclic) bond motifs is 3. The average molecular weight is 464 g/mol. The third kappa shape index (κ3) is 3.02. The highest BCUT2D eigenvalue weighted by atomic mass is 32.1. The summed E-state index contributed by atoms with van der Waals surface area (Å²) in [6, 6.07) is 23.3. The van der Waals surface area contributed by atoms with Gasteiger partial charge in [0.25, 0.3) is 5.91 Å². The van der Waals surface area contributed by atoms with Crippen molar-refractivity contribution >= 4 is 44.7 Å². The van der Waals surface area contributed by atoms with Crippen LogP contribution in [0.15, 0.2) is 78.9 Å². The molecule has 0 atom stereocenters. The van der Waals surface area contributed by atoms with Gasteiger partial charge in [-0.3, -0.25) is 14.4 Å². The summed E-state index contributed by atoms with van der Waals surface area (Å²) in [6.07, 6.45) is 0. The topological polar surface area (TPSA) is 81.1 Å². The van der Waals surface area contributed by atoms with Gasteiger partial charge in [-0.1, -0.05) is 54.6 Å². The molecule has 2 heterocycles. The van der Waals surface area contributed by atoms with Gasteiger partial charge in [0.1, 0.15) is 4.83 Å². The van der Waals surface area contributed by atoms with Crippen molar-refractivity contribution in [3.05, 3.63) is 112 Å². The number of aryl methyl sites for hydroxylation is 1. The van der Waals surface area contributed by atoms with Crippen LogP contribution >= 0.6 is 11.3 Å². The SMILES string of the molecule is Cc1nn(-c2ccccc2)c2sc(C(=O)Nc3cccc4c3C(=O)c3ccccc3C4=O)cc12. The Morgan fingerprint density at radius 3 is 2.29 bits per heavy atom. The van der Waals surface area contributed by atoms with Gasteiger partial charge >= 0.3 is 0 Å². The highest BCUT2D eigenvalue weighted by Gasteiger charge is 2.32. The monoisotopic (exact) mass is 463 g/mol. The van der Waals surface area contributed by atoms with Gasteiger partial charge < -0.3 is 5.32 Å². The molecule has 1 aliphatic carbocycles. The highest BCUT2D eigenvalue weighted by molar-refractivity contribution is 7.20. The predicted octanol–water partition coefficient (Wildman–Crippen LogP) is 5.42. The zero-order valence-corrected chi connectivity index (χ0v) is 18.8. The molecular weight excluding hydrogens is 446 g/mol. The molecule has 0 spiro atoms. The minimum Gasteiger partial charge on any atom is -0.321 e. The van der Waals surface area contributed by atoms with Crippen LogP contribution in [0.3, 0.4) is 0 Å². The van der Waals surface area contributed by atoms with Crippen molar-refractivity contribution in [2.45, 2.75) is 6.92 Å². The summed E-state index contributed by atoms with van der Waals surface area (Å²) >= 11 is 1.33. The van der Waals surface area contributed by atoms with Crippen LogP contribution in [0.1, 0.15) is 47.2 Å². The fourth-order valence-corrected chi connectivity index (χ4v) is 5.41. The third-order valence-corrected chi connectivity index (χ3v) is 7.08. The predicted molar refractivity (Wildman–Crippen MR) is 131 cm³/mol. The first-order valence-corrected chi connectivity index (χ1v) is 11.5. The molecule has 6 nitrogen and oxygen atoms in total. The van der Waals surface area contributed by atoms with E-state index < -0.39 is 0 Å². The molecule has 164 valence electrons. The summed E-state index contributed by atoms with van der Waals surface area (Å²) in [4.78, 5) is 40.8. The molecule has 1 N–H and O–H groups in total. The maximum Gasteiger partial charge on any atom is 0.265 e. The van der Waals surface area contributed by atoms with Crippen LogP contribution in [0.5, 0.6) is 0 Å². The number of benzene rings is 3. The van der Waals surface area contributed by atoms with E-state index in [-0.39, 0.29) is 23.0 Å². The summed E-state index contributed by atoms with van der Waals surface area (Å²) in [6.45, 7) is 1.91. The lowest BCUT2D eigenvalue weighted by Gasteiger charge is -2.20. The number of thiophene rings is 1. The molecule has 2 aromatic heterocycles. The van der Waals surface area contributed by atoms with E-state index in [0.717, 1.165) is 21.6 Å². The molecule has 7 heteroatoms. The maximum atomic E-state index is 13.2. The first kappa shape index (κ1) is 20.3. The van der Waals surface area contributed by atoms with Crippen LogP contribution in [0.4, 0.5) is 5.69 Å². The number of nitrogens with zero attached hydrogens (tertiary/aromatic N) is 2. The van der Waals surface area contributed by atoms with Gasteiger partial charge in [-0.2, -0.15) is 5.10 Å². The van der Waals surface area contributed by atoms with Gasteiger partial charge in [0, 0.05) is 22.1 Å². The Bertz CT molecular complexity index is 1650. The van der Waals surface area contributed by atoms with Crippen molar-refractivity contribution in [2.24, 2.45) is 0 Å². The number of aromatic nitrogens is 2. The number of hydrogen-bond donors (Lipinski definition) is 1. The van der Waals surface area contributed by atoms with Crippen LogP contribution < -0.4 is 5.32 Å².